The molecule has 6 heteroatoms. The molecule has 6 nitrogen and oxygen atoms in total. The molecule has 0 saturated heterocycles. The predicted octanol–water partition coefficient (Wildman–Crippen LogP) is 5.93. The lowest BCUT2D eigenvalue weighted by atomic mass is 9.86. The minimum absolute atomic E-state index is 0.0115. The zero-order valence-corrected chi connectivity index (χ0v) is 22.3. The molecule has 1 atom stereocenters. The maximum absolute atomic E-state index is 12.7. The molecule has 0 aliphatic carbocycles. The number of rotatable bonds is 7. The molecule has 0 saturated carbocycles. The molecule has 0 heterocycles. The molecule has 0 radical (unpaired) electrons. The topological polar surface area (TPSA) is 92.7 Å². The van der Waals surface area contributed by atoms with Crippen molar-refractivity contribution >= 4 is 17.8 Å². The number of aliphatic carboxylic acids is 1. The fourth-order valence-electron chi connectivity index (χ4n) is 3.76. The molecule has 0 fully saturated rings. The van der Waals surface area contributed by atoms with Crippen LogP contribution < -0.4 is 10.1 Å². The summed E-state index contributed by atoms with van der Waals surface area (Å²) in [5, 5.41) is 12.3. The van der Waals surface area contributed by atoms with Crippen molar-refractivity contribution in [3.05, 3.63) is 101 Å². The summed E-state index contributed by atoms with van der Waals surface area (Å²) < 4.78 is 5.46. The summed E-state index contributed by atoms with van der Waals surface area (Å²) in [6.45, 7) is 12.6. The second-order valence-electron chi connectivity index (χ2n) is 11.3. The van der Waals surface area contributed by atoms with Gasteiger partial charge in [-0.3, -0.25) is 4.79 Å². The van der Waals surface area contributed by atoms with Crippen LogP contribution in [0.2, 0.25) is 0 Å². The molecular weight excluding hydrogens is 466 g/mol. The summed E-state index contributed by atoms with van der Waals surface area (Å²) in [4.78, 5) is 37.0. The quantitative estimate of drug-likeness (QED) is 0.309. The van der Waals surface area contributed by atoms with Gasteiger partial charge in [-0.05, 0) is 63.9 Å². The van der Waals surface area contributed by atoms with E-state index in [4.69, 9.17) is 4.74 Å². The van der Waals surface area contributed by atoms with Gasteiger partial charge in [0.1, 0.15) is 11.8 Å². The van der Waals surface area contributed by atoms with Crippen LogP contribution in [0.5, 0.6) is 5.75 Å². The van der Waals surface area contributed by atoms with E-state index in [1.807, 2.05) is 24.3 Å². The van der Waals surface area contributed by atoms with E-state index >= 15 is 0 Å². The molecule has 2 N–H and O–H groups in total. The Kier molecular flexibility index (Phi) is 8.22. The third-order valence-electron chi connectivity index (χ3n) is 6.18. The minimum Gasteiger partial charge on any atom is -0.480 e. The number of nitrogens with one attached hydrogen (secondary N) is 1. The molecule has 0 aliphatic rings. The minimum atomic E-state index is -1.13. The fourth-order valence-corrected chi connectivity index (χ4v) is 3.76. The van der Waals surface area contributed by atoms with E-state index in [-0.39, 0.29) is 17.3 Å². The van der Waals surface area contributed by atoms with Crippen molar-refractivity contribution in [2.45, 2.75) is 64.8 Å². The van der Waals surface area contributed by atoms with Crippen LogP contribution in [0.1, 0.15) is 78.9 Å². The van der Waals surface area contributed by atoms with Crippen molar-refractivity contribution in [2.75, 3.05) is 0 Å². The highest BCUT2D eigenvalue weighted by atomic mass is 16.5. The molecule has 1 amide bonds. The van der Waals surface area contributed by atoms with Crippen LogP contribution in [0.25, 0.3) is 0 Å². The molecule has 3 aromatic rings. The van der Waals surface area contributed by atoms with Crippen LogP contribution >= 0.6 is 0 Å². The van der Waals surface area contributed by atoms with Gasteiger partial charge in [0.25, 0.3) is 5.91 Å². The maximum atomic E-state index is 12.7. The van der Waals surface area contributed by atoms with E-state index in [9.17, 15) is 19.5 Å². The van der Waals surface area contributed by atoms with Gasteiger partial charge < -0.3 is 15.2 Å². The van der Waals surface area contributed by atoms with Crippen molar-refractivity contribution in [1.29, 1.82) is 0 Å². The van der Waals surface area contributed by atoms with Crippen LogP contribution in [-0.4, -0.2) is 29.0 Å². The SMILES string of the molecule is CC(C)(C)c1ccc(C(=O)N[C@@H](Cc2ccc(OC(=O)c3ccc(C(C)(C)C)cc3)cc2)C(=O)O)cc1. The summed E-state index contributed by atoms with van der Waals surface area (Å²) in [6.07, 6.45) is 0.0869. The number of hydrogen-bond acceptors (Lipinski definition) is 4. The van der Waals surface area contributed by atoms with E-state index in [2.05, 4.69) is 46.9 Å². The Morgan fingerprint density at radius 3 is 1.62 bits per heavy atom. The zero-order valence-electron chi connectivity index (χ0n) is 22.3. The Balaban J connectivity index is 1.62. The molecular formula is C31H35NO5. The molecule has 0 spiro atoms. The summed E-state index contributed by atoms with van der Waals surface area (Å²) >= 11 is 0. The number of ether oxygens (including phenoxy) is 1. The van der Waals surface area contributed by atoms with Gasteiger partial charge in [-0.2, -0.15) is 0 Å². The van der Waals surface area contributed by atoms with E-state index in [1.165, 1.54) is 0 Å². The molecule has 3 aromatic carbocycles. The first-order chi connectivity index (χ1) is 17.2. The highest BCUT2D eigenvalue weighted by Gasteiger charge is 2.22. The van der Waals surface area contributed by atoms with Gasteiger partial charge in [-0.25, -0.2) is 9.59 Å². The number of carbonyl (C=O) groups is 3. The average Bonchev–Trinajstić information content (AvgIpc) is 2.83. The van der Waals surface area contributed by atoms with Gasteiger partial charge in [0.05, 0.1) is 5.56 Å². The van der Waals surface area contributed by atoms with Crippen LogP contribution in [0.3, 0.4) is 0 Å². The average molecular weight is 502 g/mol. The van der Waals surface area contributed by atoms with Crippen molar-refractivity contribution in [3.8, 4) is 5.75 Å². The summed E-state index contributed by atoms with van der Waals surface area (Å²) in [7, 11) is 0. The first-order valence-corrected chi connectivity index (χ1v) is 12.3. The van der Waals surface area contributed by atoms with Crippen LogP contribution in [0, 0.1) is 0 Å². The Hall–Kier alpha value is -3.93. The van der Waals surface area contributed by atoms with E-state index in [1.54, 1.807) is 48.5 Å². The highest BCUT2D eigenvalue weighted by Crippen LogP contribution is 2.24. The smallest absolute Gasteiger partial charge is 0.343 e. The number of hydrogen-bond donors (Lipinski definition) is 2. The summed E-state index contributed by atoms with van der Waals surface area (Å²) in [5.74, 6) is -1.70. The van der Waals surface area contributed by atoms with Crippen LogP contribution in [0.15, 0.2) is 72.8 Å². The number of esters is 1. The van der Waals surface area contributed by atoms with Gasteiger partial charge in [-0.1, -0.05) is 77.9 Å². The molecule has 3 rings (SSSR count). The molecule has 0 bridgehead atoms. The fraction of sp³-hybridized carbons (Fsp3) is 0.323. The Labute approximate surface area is 218 Å². The Morgan fingerprint density at radius 1 is 0.730 bits per heavy atom. The van der Waals surface area contributed by atoms with Crippen LogP contribution in [-0.2, 0) is 22.0 Å². The van der Waals surface area contributed by atoms with Gasteiger partial charge in [0, 0.05) is 12.0 Å². The second kappa shape index (κ2) is 11.0. The standard InChI is InChI=1S/C31H35NO5/c1-30(2,3)23-13-9-21(10-14-23)27(33)32-26(28(34)35)19-20-7-17-25(18-8-20)37-29(36)22-11-15-24(16-12-22)31(4,5)6/h7-18,26H,19H2,1-6H3,(H,32,33)(H,34,35)/t26-/m0/s1. The predicted molar refractivity (Wildman–Crippen MR) is 144 cm³/mol. The van der Waals surface area contributed by atoms with Crippen LogP contribution in [0.4, 0.5) is 0 Å². The second-order valence-corrected chi connectivity index (χ2v) is 11.3. The Morgan fingerprint density at radius 2 is 1.19 bits per heavy atom. The number of carboxylic acids is 1. The molecule has 37 heavy (non-hydrogen) atoms. The molecule has 194 valence electrons. The normalized spacial score (nSPS) is 12.5. The van der Waals surface area contributed by atoms with Gasteiger partial charge in [-0.15, -0.1) is 0 Å². The molecule has 0 unspecified atom stereocenters. The lowest BCUT2D eigenvalue weighted by Crippen LogP contribution is -2.42. The van der Waals surface area contributed by atoms with Gasteiger partial charge in [0.15, 0.2) is 0 Å². The van der Waals surface area contributed by atoms with Crippen molar-refractivity contribution < 1.29 is 24.2 Å². The maximum Gasteiger partial charge on any atom is 0.343 e. The van der Waals surface area contributed by atoms with Crippen molar-refractivity contribution in [1.82, 2.24) is 5.32 Å². The van der Waals surface area contributed by atoms with Gasteiger partial charge in [0.2, 0.25) is 0 Å². The van der Waals surface area contributed by atoms with Gasteiger partial charge >= 0.3 is 11.9 Å². The first kappa shape index (κ1) is 27.7. The zero-order chi connectivity index (χ0) is 27.4. The molecule has 0 aliphatic heterocycles. The Bertz CT molecular complexity index is 1250. The monoisotopic (exact) mass is 501 g/mol. The summed E-state index contributed by atoms with van der Waals surface area (Å²) in [6, 6.07) is 20.0. The number of carboxylic acid groups (broad SMARTS) is 1. The van der Waals surface area contributed by atoms with Crippen molar-refractivity contribution in [2.24, 2.45) is 0 Å². The van der Waals surface area contributed by atoms with E-state index < -0.39 is 23.9 Å². The van der Waals surface area contributed by atoms with E-state index in [0.29, 0.717) is 22.4 Å². The van der Waals surface area contributed by atoms with E-state index in [0.717, 1.165) is 11.1 Å². The number of amides is 1. The lowest BCUT2D eigenvalue weighted by molar-refractivity contribution is -0.139. The number of carbonyl (C=O) groups excluding carboxylic acids is 2. The largest absolute Gasteiger partial charge is 0.480 e. The third-order valence-corrected chi connectivity index (χ3v) is 6.18. The van der Waals surface area contributed by atoms with Crippen molar-refractivity contribution in [3.63, 3.8) is 0 Å². The first-order valence-electron chi connectivity index (χ1n) is 12.3. The summed E-state index contributed by atoms with van der Waals surface area (Å²) in [5.41, 5.74) is 3.68. The third kappa shape index (κ3) is 7.53. The highest BCUT2D eigenvalue weighted by molar-refractivity contribution is 5.96. The molecule has 0 aromatic heterocycles. The number of benzene rings is 3. The lowest BCUT2D eigenvalue weighted by Gasteiger charge is -2.19.